The number of nitro benzene ring substituents is 1. The van der Waals surface area contributed by atoms with Gasteiger partial charge in [0.15, 0.2) is 0 Å². The summed E-state index contributed by atoms with van der Waals surface area (Å²) < 4.78 is 10.3. The van der Waals surface area contributed by atoms with Crippen LogP contribution in [0.15, 0.2) is 24.3 Å². The minimum atomic E-state index is -0.534. The topological polar surface area (TPSA) is 78.7 Å². The molecule has 0 amide bonds. The maximum atomic E-state index is 11.4. The van der Waals surface area contributed by atoms with E-state index in [4.69, 9.17) is 9.47 Å². The Hall–Kier alpha value is -1.95. The van der Waals surface area contributed by atoms with Crippen molar-refractivity contribution >= 4 is 11.7 Å². The highest BCUT2D eigenvalue weighted by molar-refractivity contribution is 5.71. The van der Waals surface area contributed by atoms with E-state index in [1.54, 1.807) is 32.9 Å². The molecule has 6 nitrogen and oxygen atoms in total. The van der Waals surface area contributed by atoms with E-state index in [2.05, 4.69) is 0 Å². The fraction of sp³-hybridized carbons (Fsp3) is 0.462. The molecule has 0 bridgehead atoms. The quantitative estimate of drug-likeness (QED) is 0.465. The van der Waals surface area contributed by atoms with Gasteiger partial charge in [-0.3, -0.25) is 10.1 Å². The molecule has 104 valence electrons. The summed E-state index contributed by atoms with van der Waals surface area (Å²) in [6.45, 7) is 5.40. The SMILES string of the molecule is CC(C)(C)OC(=O)COCc1ccc([N+](=O)[O-])cc1. The summed E-state index contributed by atoms with van der Waals surface area (Å²) in [4.78, 5) is 21.4. The Morgan fingerprint density at radius 3 is 2.32 bits per heavy atom. The van der Waals surface area contributed by atoms with Crippen LogP contribution in [0.2, 0.25) is 0 Å². The molecule has 6 heteroatoms. The van der Waals surface area contributed by atoms with Crippen molar-refractivity contribution in [3.05, 3.63) is 39.9 Å². The van der Waals surface area contributed by atoms with E-state index in [-0.39, 0.29) is 18.9 Å². The van der Waals surface area contributed by atoms with Crippen LogP contribution in [0.5, 0.6) is 0 Å². The summed E-state index contributed by atoms with van der Waals surface area (Å²) in [5, 5.41) is 10.5. The number of benzene rings is 1. The van der Waals surface area contributed by atoms with Crippen LogP contribution in [0.25, 0.3) is 0 Å². The number of rotatable bonds is 5. The number of nitrogens with zero attached hydrogens (tertiary/aromatic N) is 1. The molecular formula is C13H17NO5. The highest BCUT2D eigenvalue weighted by Gasteiger charge is 2.16. The molecule has 0 saturated carbocycles. The van der Waals surface area contributed by atoms with Crippen LogP contribution in [0, 0.1) is 10.1 Å². The molecule has 1 aromatic carbocycles. The average Bonchev–Trinajstić information content (AvgIpc) is 2.27. The first-order valence-electron chi connectivity index (χ1n) is 5.81. The molecule has 0 radical (unpaired) electrons. The molecule has 0 atom stereocenters. The van der Waals surface area contributed by atoms with Gasteiger partial charge >= 0.3 is 5.97 Å². The van der Waals surface area contributed by atoms with E-state index < -0.39 is 16.5 Å². The van der Waals surface area contributed by atoms with E-state index in [1.165, 1.54) is 12.1 Å². The minimum absolute atomic E-state index is 0.0240. The molecule has 0 heterocycles. The predicted octanol–water partition coefficient (Wildman–Crippen LogP) is 2.45. The lowest BCUT2D eigenvalue weighted by Gasteiger charge is -2.19. The Morgan fingerprint density at radius 2 is 1.84 bits per heavy atom. The molecule has 0 aliphatic rings. The second-order valence-electron chi connectivity index (χ2n) is 5.00. The van der Waals surface area contributed by atoms with Crippen molar-refractivity contribution in [1.29, 1.82) is 0 Å². The average molecular weight is 267 g/mol. The highest BCUT2D eigenvalue weighted by atomic mass is 16.6. The van der Waals surface area contributed by atoms with Crippen LogP contribution >= 0.6 is 0 Å². The normalized spacial score (nSPS) is 11.1. The molecule has 0 saturated heterocycles. The Balaban J connectivity index is 2.37. The van der Waals surface area contributed by atoms with Gasteiger partial charge in [0.25, 0.3) is 5.69 Å². The molecule has 19 heavy (non-hydrogen) atoms. The van der Waals surface area contributed by atoms with Gasteiger partial charge in [0, 0.05) is 12.1 Å². The van der Waals surface area contributed by atoms with E-state index in [9.17, 15) is 14.9 Å². The van der Waals surface area contributed by atoms with Crippen LogP contribution in [0.1, 0.15) is 26.3 Å². The van der Waals surface area contributed by atoms with E-state index in [1.807, 2.05) is 0 Å². The van der Waals surface area contributed by atoms with Gasteiger partial charge in [-0.15, -0.1) is 0 Å². The molecule has 1 rings (SSSR count). The van der Waals surface area contributed by atoms with Gasteiger partial charge in [-0.05, 0) is 38.5 Å². The van der Waals surface area contributed by atoms with E-state index >= 15 is 0 Å². The summed E-state index contributed by atoms with van der Waals surface area (Å²) in [7, 11) is 0. The number of hydrogen-bond acceptors (Lipinski definition) is 5. The first kappa shape index (κ1) is 15.1. The highest BCUT2D eigenvalue weighted by Crippen LogP contribution is 2.12. The second-order valence-corrected chi connectivity index (χ2v) is 5.00. The Bertz CT molecular complexity index is 447. The summed E-state index contributed by atoms with van der Waals surface area (Å²) >= 11 is 0. The van der Waals surface area contributed by atoms with Crippen LogP contribution < -0.4 is 0 Å². The Labute approximate surface area is 111 Å². The van der Waals surface area contributed by atoms with Crippen LogP contribution in [0.3, 0.4) is 0 Å². The van der Waals surface area contributed by atoms with E-state index in [0.717, 1.165) is 5.56 Å². The molecule has 0 unspecified atom stereocenters. The van der Waals surface area contributed by atoms with Crippen molar-refractivity contribution < 1.29 is 19.2 Å². The summed E-state index contributed by atoms with van der Waals surface area (Å²) in [5.74, 6) is -0.436. The Morgan fingerprint density at radius 1 is 1.26 bits per heavy atom. The van der Waals surface area contributed by atoms with Gasteiger partial charge in [-0.2, -0.15) is 0 Å². The number of carbonyl (C=O) groups excluding carboxylic acids is 1. The van der Waals surface area contributed by atoms with Crippen LogP contribution in [-0.4, -0.2) is 23.1 Å². The molecule has 0 spiro atoms. The number of carbonyl (C=O) groups is 1. The van der Waals surface area contributed by atoms with E-state index in [0.29, 0.717) is 0 Å². The summed E-state index contributed by atoms with van der Waals surface area (Å²) in [5.41, 5.74) is 0.249. The van der Waals surface area contributed by atoms with Gasteiger partial charge in [-0.25, -0.2) is 4.79 Å². The third-order valence-corrected chi connectivity index (χ3v) is 2.06. The van der Waals surface area contributed by atoms with Gasteiger partial charge in [-0.1, -0.05) is 0 Å². The first-order chi connectivity index (χ1) is 8.78. The largest absolute Gasteiger partial charge is 0.458 e. The predicted molar refractivity (Wildman–Crippen MR) is 68.6 cm³/mol. The van der Waals surface area contributed by atoms with Gasteiger partial charge in [0.2, 0.25) is 0 Å². The summed E-state index contributed by atoms with van der Waals surface area (Å²) in [6.07, 6.45) is 0. The molecule has 0 aliphatic heterocycles. The van der Waals surface area contributed by atoms with Crippen molar-refractivity contribution in [2.24, 2.45) is 0 Å². The van der Waals surface area contributed by atoms with Gasteiger partial charge in [0.05, 0.1) is 11.5 Å². The molecule has 0 aliphatic carbocycles. The maximum absolute atomic E-state index is 11.4. The smallest absolute Gasteiger partial charge is 0.332 e. The number of hydrogen-bond donors (Lipinski definition) is 0. The molecule has 0 fully saturated rings. The molecular weight excluding hydrogens is 250 g/mol. The monoisotopic (exact) mass is 267 g/mol. The zero-order valence-electron chi connectivity index (χ0n) is 11.2. The van der Waals surface area contributed by atoms with Crippen molar-refractivity contribution in [3.8, 4) is 0 Å². The lowest BCUT2D eigenvalue weighted by atomic mass is 10.2. The zero-order chi connectivity index (χ0) is 14.5. The fourth-order valence-electron chi connectivity index (χ4n) is 1.34. The molecule has 0 aromatic heterocycles. The fourth-order valence-corrected chi connectivity index (χ4v) is 1.34. The standard InChI is InChI=1S/C13H17NO5/c1-13(2,3)19-12(15)9-18-8-10-4-6-11(7-5-10)14(16)17/h4-7H,8-9H2,1-3H3. The van der Waals surface area contributed by atoms with Gasteiger partial charge in [0.1, 0.15) is 12.2 Å². The lowest BCUT2D eigenvalue weighted by Crippen LogP contribution is -2.26. The third kappa shape index (κ3) is 5.96. The summed E-state index contributed by atoms with van der Waals surface area (Å²) in [6, 6.07) is 5.97. The van der Waals surface area contributed by atoms with Crippen LogP contribution in [-0.2, 0) is 20.9 Å². The van der Waals surface area contributed by atoms with Gasteiger partial charge < -0.3 is 9.47 Å². The minimum Gasteiger partial charge on any atom is -0.458 e. The van der Waals surface area contributed by atoms with Crippen molar-refractivity contribution in [3.63, 3.8) is 0 Å². The van der Waals surface area contributed by atoms with Crippen LogP contribution in [0.4, 0.5) is 5.69 Å². The first-order valence-corrected chi connectivity index (χ1v) is 5.81. The number of ether oxygens (including phenoxy) is 2. The maximum Gasteiger partial charge on any atom is 0.332 e. The number of nitro groups is 1. The third-order valence-electron chi connectivity index (χ3n) is 2.06. The Kier molecular flexibility index (Phi) is 5.00. The molecule has 1 aromatic rings. The second kappa shape index (κ2) is 6.29. The lowest BCUT2D eigenvalue weighted by molar-refractivity contribution is -0.384. The van der Waals surface area contributed by atoms with Crippen molar-refractivity contribution in [1.82, 2.24) is 0 Å². The zero-order valence-corrected chi connectivity index (χ0v) is 11.2. The number of non-ortho nitro benzene ring substituents is 1. The van der Waals surface area contributed by atoms with Crippen molar-refractivity contribution in [2.75, 3.05) is 6.61 Å². The number of esters is 1. The molecule has 0 N–H and O–H groups in total. The van der Waals surface area contributed by atoms with Crippen molar-refractivity contribution in [2.45, 2.75) is 33.0 Å².